The number of piperidine rings is 1. The number of nitrogens with zero attached hydrogens (tertiary/aromatic N) is 2. The van der Waals surface area contributed by atoms with E-state index >= 15 is 0 Å². The molecule has 1 aliphatic heterocycles. The average molecular weight is 165 g/mol. The Morgan fingerprint density at radius 2 is 2.50 bits per heavy atom. The molecular weight excluding hydrogens is 150 g/mol. The second kappa shape index (κ2) is 3.27. The Kier molecular flexibility index (Phi) is 2.13. The standard InChI is InChI=1S/C9H15N3/c1-8-5-7-12(11-8)9-4-2-3-6-10-9/h5,7,9-10H,2-4,6H2,1H3. The molecule has 3 heteroatoms. The van der Waals surface area contributed by atoms with Gasteiger partial charge in [0.15, 0.2) is 0 Å². The molecule has 12 heavy (non-hydrogen) atoms. The molecule has 0 spiro atoms. The first-order chi connectivity index (χ1) is 5.86. The molecule has 1 aromatic rings. The predicted molar refractivity (Wildman–Crippen MR) is 47.9 cm³/mol. The van der Waals surface area contributed by atoms with E-state index in [4.69, 9.17) is 0 Å². The van der Waals surface area contributed by atoms with E-state index < -0.39 is 0 Å². The second-order valence-corrected chi connectivity index (χ2v) is 3.40. The van der Waals surface area contributed by atoms with Crippen molar-refractivity contribution in [2.75, 3.05) is 6.54 Å². The Morgan fingerprint density at radius 1 is 1.58 bits per heavy atom. The van der Waals surface area contributed by atoms with Crippen molar-refractivity contribution in [1.82, 2.24) is 15.1 Å². The number of aromatic nitrogens is 2. The monoisotopic (exact) mass is 165 g/mol. The van der Waals surface area contributed by atoms with Crippen molar-refractivity contribution in [2.24, 2.45) is 0 Å². The summed E-state index contributed by atoms with van der Waals surface area (Å²) in [7, 11) is 0. The lowest BCUT2D eigenvalue weighted by molar-refractivity contribution is 0.297. The summed E-state index contributed by atoms with van der Waals surface area (Å²) in [5.74, 6) is 0. The van der Waals surface area contributed by atoms with E-state index in [0.29, 0.717) is 6.17 Å². The third-order valence-electron chi connectivity index (χ3n) is 2.35. The van der Waals surface area contributed by atoms with Crippen molar-refractivity contribution >= 4 is 0 Å². The molecule has 0 saturated carbocycles. The van der Waals surface area contributed by atoms with Gasteiger partial charge in [-0.1, -0.05) is 0 Å². The number of hydrogen-bond donors (Lipinski definition) is 1. The molecular formula is C9H15N3. The molecule has 0 bridgehead atoms. The van der Waals surface area contributed by atoms with Crippen LogP contribution in [0.3, 0.4) is 0 Å². The minimum atomic E-state index is 0.437. The molecule has 3 nitrogen and oxygen atoms in total. The van der Waals surface area contributed by atoms with Crippen molar-refractivity contribution in [1.29, 1.82) is 0 Å². The SMILES string of the molecule is Cc1ccn(C2CCCCN2)n1. The summed E-state index contributed by atoms with van der Waals surface area (Å²) in [6.45, 7) is 3.16. The van der Waals surface area contributed by atoms with E-state index in [9.17, 15) is 0 Å². The van der Waals surface area contributed by atoms with E-state index in [-0.39, 0.29) is 0 Å². The van der Waals surface area contributed by atoms with Gasteiger partial charge >= 0.3 is 0 Å². The van der Waals surface area contributed by atoms with E-state index in [1.54, 1.807) is 0 Å². The van der Waals surface area contributed by atoms with E-state index in [1.165, 1.54) is 19.3 Å². The molecule has 66 valence electrons. The molecule has 2 heterocycles. The van der Waals surface area contributed by atoms with Crippen molar-refractivity contribution < 1.29 is 0 Å². The van der Waals surface area contributed by atoms with Crippen LogP contribution in [0.5, 0.6) is 0 Å². The van der Waals surface area contributed by atoms with Gasteiger partial charge in [0.2, 0.25) is 0 Å². The normalized spacial score (nSPS) is 24.2. The van der Waals surface area contributed by atoms with Gasteiger partial charge in [0, 0.05) is 6.20 Å². The largest absolute Gasteiger partial charge is 0.296 e. The number of nitrogens with one attached hydrogen (secondary N) is 1. The highest BCUT2D eigenvalue weighted by molar-refractivity contribution is 4.96. The zero-order valence-electron chi connectivity index (χ0n) is 7.45. The maximum absolute atomic E-state index is 4.39. The van der Waals surface area contributed by atoms with Crippen LogP contribution < -0.4 is 5.32 Å². The molecule has 1 atom stereocenters. The number of hydrogen-bond acceptors (Lipinski definition) is 2. The van der Waals surface area contributed by atoms with Gasteiger partial charge in [-0.25, -0.2) is 0 Å². The van der Waals surface area contributed by atoms with Crippen LogP contribution in [0.15, 0.2) is 12.3 Å². The quantitative estimate of drug-likeness (QED) is 0.682. The van der Waals surface area contributed by atoms with Crippen molar-refractivity contribution in [3.63, 3.8) is 0 Å². The van der Waals surface area contributed by atoms with Gasteiger partial charge in [-0.2, -0.15) is 5.10 Å². The van der Waals surface area contributed by atoms with Crippen LogP contribution in [0, 0.1) is 6.92 Å². The molecule has 1 fully saturated rings. The number of rotatable bonds is 1. The molecule has 0 amide bonds. The topological polar surface area (TPSA) is 29.9 Å². The summed E-state index contributed by atoms with van der Waals surface area (Å²) >= 11 is 0. The van der Waals surface area contributed by atoms with Gasteiger partial charge in [-0.15, -0.1) is 0 Å². The van der Waals surface area contributed by atoms with Gasteiger partial charge in [0.05, 0.1) is 5.69 Å². The third-order valence-corrected chi connectivity index (χ3v) is 2.35. The lowest BCUT2D eigenvalue weighted by Gasteiger charge is -2.23. The summed E-state index contributed by atoms with van der Waals surface area (Å²) < 4.78 is 2.04. The molecule has 0 aromatic carbocycles. The zero-order chi connectivity index (χ0) is 8.39. The Bertz CT molecular complexity index is 248. The van der Waals surface area contributed by atoms with Crippen LogP contribution in [0.25, 0.3) is 0 Å². The van der Waals surface area contributed by atoms with E-state index in [1.807, 2.05) is 11.6 Å². The fraction of sp³-hybridized carbons (Fsp3) is 0.667. The van der Waals surface area contributed by atoms with Crippen LogP contribution in [0.2, 0.25) is 0 Å². The van der Waals surface area contributed by atoms with E-state index in [0.717, 1.165) is 12.2 Å². The van der Waals surface area contributed by atoms with E-state index in [2.05, 4.69) is 22.7 Å². The Labute approximate surface area is 72.8 Å². The highest BCUT2D eigenvalue weighted by atomic mass is 15.4. The van der Waals surface area contributed by atoms with Gasteiger partial charge in [0.1, 0.15) is 6.17 Å². The molecule has 2 rings (SSSR count). The van der Waals surface area contributed by atoms with Gasteiger partial charge < -0.3 is 0 Å². The van der Waals surface area contributed by atoms with Gasteiger partial charge in [-0.3, -0.25) is 10.00 Å². The highest BCUT2D eigenvalue weighted by Gasteiger charge is 2.13. The van der Waals surface area contributed by atoms with Crippen LogP contribution >= 0.6 is 0 Å². The number of aryl methyl sites for hydroxylation is 1. The molecule has 0 radical (unpaired) electrons. The fourth-order valence-electron chi connectivity index (χ4n) is 1.67. The zero-order valence-corrected chi connectivity index (χ0v) is 7.45. The molecule has 1 saturated heterocycles. The Morgan fingerprint density at radius 3 is 3.08 bits per heavy atom. The molecule has 0 aliphatic carbocycles. The van der Waals surface area contributed by atoms with Crippen LogP contribution in [0.1, 0.15) is 31.1 Å². The maximum atomic E-state index is 4.39. The smallest absolute Gasteiger partial charge is 0.101 e. The molecule has 1 aliphatic rings. The molecule has 1 N–H and O–H groups in total. The summed E-state index contributed by atoms with van der Waals surface area (Å²) in [5.41, 5.74) is 1.10. The van der Waals surface area contributed by atoms with Crippen LogP contribution in [-0.4, -0.2) is 16.3 Å². The van der Waals surface area contributed by atoms with Crippen LogP contribution in [0.4, 0.5) is 0 Å². The van der Waals surface area contributed by atoms with Crippen molar-refractivity contribution in [3.8, 4) is 0 Å². The third kappa shape index (κ3) is 1.50. The summed E-state index contributed by atoms with van der Waals surface area (Å²) in [4.78, 5) is 0. The first-order valence-electron chi connectivity index (χ1n) is 4.61. The van der Waals surface area contributed by atoms with Gasteiger partial charge in [-0.05, 0) is 38.8 Å². The minimum absolute atomic E-state index is 0.437. The Hall–Kier alpha value is -0.830. The van der Waals surface area contributed by atoms with Crippen molar-refractivity contribution in [3.05, 3.63) is 18.0 Å². The average Bonchev–Trinajstić information content (AvgIpc) is 2.54. The minimum Gasteiger partial charge on any atom is -0.296 e. The predicted octanol–water partition coefficient (Wildman–Crippen LogP) is 1.46. The maximum Gasteiger partial charge on any atom is 0.101 e. The lowest BCUT2D eigenvalue weighted by Crippen LogP contribution is -2.31. The summed E-state index contributed by atoms with van der Waals surface area (Å²) in [6.07, 6.45) is 6.32. The fourth-order valence-corrected chi connectivity index (χ4v) is 1.67. The van der Waals surface area contributed by atoms with Crippen LogP contribution in [-0.2, 0) is 0 Å². The molecule has 1 unspecified atom stereocenters. The second-order valence-electron chi connectivity index (χ2n) is 3.40. The lowest BCUT2D eigenvalue weighted by atomic mass is 10.1. The highest BCUT2D eigenvalue weighted by Crippen LogP contribution is 2.15. The Balaban J connectivity index is 2.08. The molecule has 1 aromatic heterocycles. The first kappa shape index (κ1) is 7.80. The summed E-state index contributed by atoms with van der Waals surface area (Å²) in [6, 6.07) is 2.05. The first-order valence-corrected chi connectivity index (χ1v) is 4.61. The summed E-state index contributed by atoms with van der Waals surface area (Å²) in [5, 5.41) is 7.84. The van der Waals surface area contributed by atoms with Crippen molar-refractivity contribution in [2.45, 2.75) is 32.4 Å². The van der Waals surface area contributed by atoms with Gasteiger partial charge in [0.25, 0.3) is 0 Å².